The molecule has 0 saturated carbocycles. The van der Waals surface area contributed by atoms with Crippen LogP contribution in [0.4, 0.5) is 0 Å². The van der Waals surface area contributed by atoms with Crippen molar-refractivity contribution in [2.75, 3.05) is 40.0 Å². The van der Waals surface area contributed by atoms with E-state index in [1.165, 1.54) is 33.5 Å². The summed E-state index contributed by atoms with van der Waals surface area (Å²) < 4.78 is 44.0. The number of methoxy groups -OCH3 is 1. The summed E-state index contributed by atoms with van der Waals surface area (Å²) in [5.74, 6) is 0.188. The Morgan fingerprint density at radius 1 is 0.870 bits per heavy atom. The highest BCUT2D eigenvalue weighted by Gasteiger charge is 2.32. The maximum absolute atomic E-state index is 13.9. The number of hydrogen-bond donors (Lipinski definition) is 1. The van der Waals surface area contributed by atoms with E-state index in [0.717, 1.165) is 11.1 Å². The molecule has 0 aliphatic carbocycles. The number of sulfonamides is 1. The Bertz CT molecular complexity index is 1700. The predicted molar refractivity (Wildman–Crippen MR) is 173 cm³/mol. The number of carbonyl (C=O) groups excluding carboxylic acids is 2. The molecule has 1 fully saturated rings. The number of nitrogens with zero attached hydrogens (tertiary/aromatic N) is 2. The summed E-state index contributed by atoms with van der Waals surface area (Å²) in [6.45, 7) is 1.28. The highest BCUT2D eigenvalue weighted by Crippen LogP contribution is 2.26. The summed E-state index contributed by atoms with van der Waals surface area (Å²) in [6, 6.07) is 31.0. The third-order valence-corrected chi connectivity index (χ3v) is 9.54. The van der Waals surface area contributed by atoms with Crippen molar-refractivity contribution in [1.29, 1.82) is 0 Å². The molecule has 10 nitrogen and oxygen atoms in total. The molecule has 4 aromatic rings. The van der Waals surface area contributed by atoms with Crippen LogP contribution < -0.4 is 14.8 Å². The molecule has 11 heteroatoms. The molecule has 1 saturated heterocycles. The van der Waals surface area contributed by atoms with Gasteiger partial charge in [0.25, 0.3) is 5.91 Å². The summed E-state index contributed by atoms with van der Waals surface area (Å²) >= 11 is 0. The van der Waals surface area contributed by atoms with Crippen LogP contribution in [0.25, 0.3) is 0 Å². The van der Waals surface area contributed by atoms with E-state index in [4.69, 9.17) is 14.2 Å². The van der Waals surface area contributed by atoms with Gasteiger partial charge in [-0.1, -0.05) is 78.9 Å². The molecule has 1 aliphatic rings. The molecular formula is C35H37N3O7S. The minimum absolute atomic E-state index is 0.134. The largest absolute Gasteiger partial charge is 0.496 e. The fraction of sp³-hybridized carbons (Fsp3) is 0.257. The molecule has 1 atom stereocenters. The standard InChI is InChI=1S/C35H37N3O7S/c1-43-32-15-9-8-14-29(32)24-36-35(40)34(28-12-6-3-7-13-28)38(25-27-10-4-2-5-11-27)33(39)26-45-30-16-18-31(19-17-30)46(41,42)37-20-22-44-23-21-37/h2-19,34H,20-26H2,1H3,(H,36,40). The number of rotatable bonds is 13. The lowest BCUT2D eigenvalue weighted by Gasteiger charge is -2.31. The number of para-hydroxylation sites is 1. The van der Waals surface area contributed by atoms with E-state index in [9.17, 15) is 18.0 Å². The second-order valence-corrected chi connectivity index (χ2v) is 12.6. The van der Waals surface area contributed by atoms with E-state index < -0.39 is 22.0 Å². The molecule has 1 N–H and O–H groups in total. The van der Waals surface area contributed by atoms with Crippen LogP contribution in [0.3, 0.4) is 0 Å². The average Bonchev–Trinajstić information content (AvgIpc) is 3.11. The molecule has 5 rings (SSSR count). The third-order valence-electron chi connectivity index (χ3n) is 7.63. The molecular weight excluding hydrogens is 606 g/mol. The second kappa shape index (κ2) is 15.5. The first-order valence-corrected chi connectivity index (χ1v) is 16.4. The first-order chi connectivity index (χ1) is 22.4. The van der Waals surface area contributed by atoms with Crippen LogP contribution in [0.2, 0.25) is 0 Å². The van der Waals surface area contributed by atoms with E-state index in [0.29, 0.717) is 43.4 Å². The van der Waals surface area contributed by atoms with Gasteiger partial charge in [0, 0.05) is 31.7 Å². The smallest absolute Gasteiger partial charge is 0.261 e. The summed E-state index contributed by atoms with van der Waals surface area (Å²) in [5.41, 5.74) is 2.28. The van der Waals surface area contributed by atoms with Crippen LogP contribution in [0.5, 0.6) is 11.5 Å². The average molecular weight is 644 g/mol. The quantitative estimate of drug-likeness (QED) is 0.233. The van der Waals surface area contributed by atoms with E-state index >= 15 is 0 Å². The van der Waals surface area contributed by atoms with Crippen LogP contribution in [-0.2, 0) is 37.4 Å². The molecule has 2 amide bonds. The van der Waals surface area contributed by atoms with Crippen molar-refractivity contribution in [2.24, 2.45) is 0 Å². The Kier molecular flexibility index (Phi) is 11.0. The van der Waals surface area contributed by atoms with Crippen molar-refractivity contribution in [3.05, 3.63) is 126 Å². The molecule has 0 bridgehead atoms. The molecule has 1 aliphatic heterocycles. The third kappa shape index (κ3) is 8.11. The Balaban J connectivity index is 1.36. The van der Waals surface area contributed by atoms with Crippen molar-refractivity contribution in [3.63, 3.8) is 0 Å². The number of carbonyl (C=O) groups is 2. The summed E-state index contributed by atoms with van der Waals surface area (Å²) in [4.78, 5) is 29.5. The van der Waals surface area contributed by atoms with Crippen LogP contribution in [0, 0.1) is 0 Å². The van der Waals surface area contributed by atoms with E-state index in [1.807, 2.05) is 84.9 Å². The number of morpholine rings is 1. The fourth-order valence-electron chi connectivity index (χ4n) is 5.21. The fourth-order valence-corrected chi connectivity index (χ4v) is 6.62. The summed E-state index contributed by atoms with van der Waals surface area (Å²) in [7, 11) is -2.10. The summed E-state index contributed by atoms with van der Waals surface area (Å²) in [5, 5.41) is 2.99. The van der Waals surface area contributed by atoms with Gasteiger partial charge >= 0.3 is 0 Å². The van der Waals surface area contributed by atoms with Gasteiger partial charge in [0.15, 0.2) is 6.61 Å². The molecule has 0 aromatic heterocycles. The molecule has 1 heterocycles. The SMILES string of the molecule is COc1ccccc1CNC(=O)C(c1ccccc1)N(Cc1ccccc1)C(=O)COc1ccc(S(=O)(=O)N2CCOCC2)cc1. The first kappa shape index (κ1) is 32.7. The molecule has 4 aromatic carbocycles. The normalized spacial score (nSPS) is 14.2. The number of nitrogens with one attached hydrogen (secondary N) is 1. The van der Waals surface area contributed by atoms with Crippen molar-refractivity contribution < 1.29 is 32.2 Å². The van der Waals surface area contributed by atoms with Crippen LogP contribution in [-0.4, -0.2) is 69.5 Å². The number of hydrogen-bond acceptors (Lipinski definition) is 7. The Morgan fingerprint density at radius 3 is 2.17 bits per heavy atom. The van der Waals surface area contributed by atoms with Crippen LogP contribution >= 0.6 is 0 Å². The van der Waals surface area contributed by atoms with Crippen molar-refractivity contribution >= 4 is 21.8 Å². The maximum Gasteiger partial charge on any atom is 0.261 e. The highest BCUT2D eigenvalue weighted by molar-refractivity contribution is 7.89. The Hall–Kier alpha value is -4.71. The maximum atomic E-state index is 13.9. The van der Waals surface area contributed by atoms with Crippen LogP contribution in [0.1, 0.15) is 22.7 Å². The first-order valence-electron chi connectivity index (χ1n) is 15.0. The van der Waals surface area contributed by atoms with Gasteiger partial charge in [-0.3, -0.25) is 9.59 Å². The van der Waals surface area contributed by atoms with Gasteiger partial charge in [0.1, 0.15) is 17.5 Å². The van der Waals surface area contributed by atoms with Gasteiger partial charge in [0.2, 0.25) is 15.9 Å². The van der Waals surface area contributed by atoms with Crippen molar-refractivity contribution in [2.45, 2.75) is 24.0 Å². The predicted octanol–water partition coefficient (Wildman–Crippen LogP) is 4.18. The lowest BCUT2D eigenvalue weighted by molar-refractivity contribution is -0.143. The molecule has 240 valence electrons. The lowest BCUT2D eigenvalue weighted by atomic mass is 10.0. The molecule has 0 spiro atoms. The second-order valence-electron chi connectivity index (χ2n) is 10.6. The molecule has 0 radical (unpaired) electrons. The molecule has 46 heavy (non-hydrogen) atoms. The highest BCUT2D eigenvalue weighted by atomic mass is 32.2. The zero-order valence-electron chi connectivity index (χ0n) is 25.6. The van der Waals surface area contributed by atoms with E-state index in [-0.39, 0.29) is 30.5 Å². The minimum Gasteiger partial charge on any atom is -0.496 e. The van der Waals surface area contributed by atoms with E-state index in [2.05, 4.69) is 5.32 Å². The Morgan fingerprint density at radius 2 is 1.50 bits per heavy atom. The summed E-state index contributed by atoms with van der Waals surface area (Å²) in [6.07, 6.45) is 0. The monoisotopic (exact) mass is 643 g/mol. The van der Waals surface area contributed by atoms with Gasteiger partial charge in [-0.15, -0.1) is 0 Å². The number of amides is 2. The van der Waals surface area contributed by atoms with Gasteiger partial charge in [0.05, 0.1) is 25.2 Å². The topological polar surface area (TPSA) is 114 Å². The van der Waals surface area contributed by atoms with Gasteiger partial charge in [-0.2, -0.15) is 4.31 Å². The van der Waals surface area contributed by atoms with Gasteiger partial charge in [-0.05, 0) is 41.5 Å². The van der Waals surface area contributed by atoms with Crippen LogP contribution in [0.15, 0.2) is 114 Å². The zero-order valence-corrected chi connectivity index (χ0v) is 26.4. The van der Waals surface area contributed by atoms with Crippen molar-refractivity contribution in [1.82, 2.24) is 14.5 Å². The zero-order chi connectivity index (χ0) is 32.4. The van der Waals surface area contributed by atoms with Gasteiger partial charge in [-0.25, -0.2) is 8.42 Å². The van der Waals surface area contributed by atoms with E-state index in [1.54, 1.807) is 7.11 Å². The number of benzene rings is 4. The number of ether oxygens (including phenoxy) is 3. The minimum atomic E-state index is -3.67. The lowest BCUT2D eigenvalue weighted by Crippen LogP contribution is -2.45. The van der Waals surface area contributed by atoms with Crippen molar-refractivity contribution in [3.8, 4) is 11.5 Å². The van der Waals surface area contributed by atoms with Gasteiger partial charge < -0.3 is 24.4 Å². The molecule has 1 unspecified atom stereocenters. The Labute approximate surface area is 269 Å².